The zero-order chi connectivity index (χ0) is 15.2. The van der Waals surface area contributed by atoms with Crippen molar-refractivity contribution in [3.05, 3.63) is 0 Å². The quantitative estimate of drug-likeness (QED) is 0.780. The average molecular weight is 284 g/mol. The Bertz CT molecular complexity index is 262. The highest BCUT2D eigenvalue weighted by Crippen LogP contribution is 2.32. The summed E-state index contributed by atoms with van der Waals surface area (Å²) in [5.74, 6) is 1.45. The molecule has 0 spiro atoms. The molecule has 1 saturated heterocycles. The predicted molar refractivity (Wildman–Crippen MR) is 86.9 cm³/mol. The minimum absolute atomic E-state index is 0.380. The van der Waals surface area contributed by atoms with Crippen molar-refractivity contribution in [3.63, 3.8) is 0 Å². The third kappa shape index (κ3) is 5.71. The van der Waals surface area contributed by atoms with E-state index in [2.05, 4.69) is 32.6 Å². The molecule has 3 heteroatoms. The van der Waals surface area contributed by atoms with Gasteiger partial charge in [0.05, 0.1) is 6.10 Å². The zero-order valence-electron chi connectivity index (χ0n) is 14.3. The fourth-order valence-corrected chi connectivity index (χ4v) is 3.38. The molecule has 20 heavy (non-hydrogen) atoms. The van der Waals surface area contributed by atoms with Gasteiger partial charge in [-0.3, -0.25) is 0 Å². The smallest absolute Gasteiger partial charge is 0.0724 e. The molecule has 0 radical (unpaired) electrons. The summed E-state index contributed by atoms with van der Waals surface area (Å²) >= 11 is 0. The monoisotopic (exact) mass is 284 g/mol. The molecule has 1 rings (SSSR count). The van der Waals surface area contributed by atoms with Crippen molar-refractivity contribution < 1.29 is 4.74 Å². The van der Waals surface area contributed by atoms with Crippen LogP contribution in [0.4, 0.5) is 0 Å². The Labute approximate surface area is 126 Å². The first kappa shape index (κ1) is 17.9. The highest BCUT2D eigenvalue weighted by atomic mass is 16.5. The lowest BCUT2D eigenvalue weighted by Gasteiger charge is -2.37. The lowest BCUT2D eigenvalue weighted by Crippen LogP contribution is -2.44. The topological polar surface area (TPSA) is 38.5 Å². The summed E-state index contributed by atoms with van der Waals surface area (Å²) < 4.78 is 5.60. The highest BCUT2D eigenvalue weighted by molar-refractivity contribution is 4.79. The number of piperidine rings is 1. The van der Waals surface area contributed by atoms with Crippen LogP contribution < -0.4 is 5.73 Å². The second-order valence-electron chi connectivity index (χ2n) is 7.62. The number of rotatable bonds is 7. The van der Waals surface area contributed by atoms with Crippen molar-refractivity contribution in [2.45, 2.75) is 59.5 Å². The van der Waals surface area contributed by atoms with Crippen LogP contribution in [0.2, 0.25) is 0 Å². The molecule has 1 aliphatic rings. The van der Waals surface area contributed by atoms with Gasteiger partial charge < -0.3 is 15.4 Å². The second-order valence-corrected chi connectivity index (χ2v) is 7.62. The van der Waals surface area contributed by atoms with Crippen LogP contribution in [0.15, 0.2) is 0 Å². The van der Waals surface area contributed by atoms with Gasteiger partial charge in [0.15, 0.2) is 0 Å². The summed E-state index contributed by atoms with van der Waals surface area (Å²) in [6, 6.07) is 0. The molecule has 0 saturated carbocycles. The molecular formula is C17H36N2O. The summed E-state index contributed by atoms with van der Waals surface area (Å²) in [4.78, 5) is 2.58. The Balaban J connectivity index is 2.32. The average Bonchev–Trinajstić information content (AvgIpc) is 2.38. The van der Waals surface area contributed by atoms with Crippen LogP contribution in [-0.4, -0.2) is 44.3 Å². The Hall–Kier alpha value is -0.120. The van der Waals surface area contributed by atoms with E-state index in [1.54, 1.807) is 0 Å². The molecule has 0 aliphatic carbocycles. The standard InChI is InChI=1S/C17H36N2O/c1-14-9-12-19(13-16(14)20-5)11-6-7-15(8-10-18)17(2,3)4/h14-16H,6-13,18H2,1-5H3. The highest BCUT2D eigenvalue weighted by Gasteiger charge is 2.27. The normalized spacial score (nSPS) is 26.7. The maximum absolute atomic E-state index is 5.77. The summed E-state index contributed by atoms with van der Waals surface area (Å²) in [5.41, 5.74) is 6.14. The van der Waals surface area contributed by atoms with E-state index in [0.717, 1.165) is 25.4 Å². The van der Waals surface area contributed by atoms with Gasteiger partial charge in [0.1, 0.15) is 0 Å². The van der Waals surface area contributed by atoms with Gasteiger partial charge in [0, 0.05) is 13.7 Å². The summed E-state index contributed by atoms with van der Waals surface area (Å²) in [6.45, 7) is 13.7. The van der Waals surface area contributed by atoms with Gasteiger partial charge in [0.25, 0.3) is 0 Å². The van der Waals surface area contributed by atoms with Gasteiger partial charge in [0.2, 0.25) is 0 Å². The summed E-state index contributed by atoms with van der Waals surface area (Å²) in [5, 5.41) is 0. The number of ether oxygens (including phenoxy) is 1. The number of likely N-dealkylation sites (tertiary alicyclic amines) is 1. The van der Waals surface area contributed by atoms with E-state index in [1.807, 2.05) is 7.11 Å². The van der Waals surface area contributed by atoms with Crippen LogP contribution in [0.5, 0.6) is 0 Å². The minimum atomic E-state index is 0.380. The molecule has 0 amide bonds. The molecule has 1 aliphatic heterocycles. The van der Waals surface area contributed by atoms with E-state index in [-0.39, 0.29) is 0 Å². The molecule has 3 nitrogen and oxygen atoms in total. The number of nitrogens with two attached hydrogens (primary N) is 1. The van der Waals surface area contributed by atoms with Crippen LogP contribution in [0.3, 0.4) is 0 Å². The van der Waals surface area contributed by atoms with E-state index >= 15 is 0 Å². The number of nitrogens with zero attached hydrogens (tertiary/aromatic N) is 1. The first-order valence-corrected chi connectivity index (χ1v) is 8.33. The van der Waals surface area contributed by atoms with E-state index in [4.69, 9.17) is 10.5 Å². The van der Waals surface area contributed by atoms with Crippen LogP contribution in [0.1, 0.15) is 53.4 Å². The molecule has 3 atom stereocenters. The minimum Gasteiger partial charge on any atom is -0.380 e. The van der Waals surface area contributed by atoms with Crippen LogP contribution >= 0.6 is 0 Å². The van der Waals surface area contributed by atoms with Gasteiger partial charge >= 0.3 is 0 Å². The van der Waals surface area contributed by atoms with E-state index < -0.39 is 0 Å². The van der Waals surface area contributed by atoms with Gasteiger partial charge in [-0.05, 0) is 62.6 Å². The van der Waals surface area contributed by atoms with Crippen molar-refractivity contribution in [1.29, 1.82) is 0 Å². The van der Waals surface area contributed by atoms with E-state index in [9.17, 15) is 0 Å². The van der Waals surface area contributed by atoms with E-state index in [1.165, 1.54) is 32.4 Å². The van der Waals surface area contributed by atoms with Gasteiger partial charge in [-0.25, -0.2) is 0 Å². The lowest BCUT2D eigenvalue weighted by atomic mass is 9.76. The Morgan fingerprint density at radius 2 is 2.00 bits per heavy atom. The largest absolute Gasteiger partial charge is 0.380 e. The fraction of sp³-hybridized carbons (Fsp3) is 1.00. The molecule has 0 aromatic heterocycles. The number of hydrogen-bond acceptors (Lipinski definition) is 3. The first-order valence-electron chi connectivity index (χ1n) is 8.33. The van der Waals surface area contributed by atoms with Crippen molar-refractivity contribution >= 4 is 0 Å². The predicted octanol–water partition coefficient (Wildman–Crippen LogP) is 3.13. The molecule has 3 unspecified atom stereocenters. The SMILES string of the molecule is COC1CN(CCCC(CCN)C(C)(C)C)CCC1C. The van der Waals surface area contributed by atoms with Crippen molar-refractivity contribution in [3.8, 4) is 0 Å². The molecule has 120 valence electrons. The molecule has 0 bridgehead atoms. The first-order chi connectivity index (χ1) is 9.38. The molecule has 2 N–H and O–H groups in total. The summed E-state index contributed by atoms with van der Waals surface area (Å²) in [6.07, 6.45) is 5.42. The van der Waals surface area contributed by atoms with Gasteiger partial charge in [-0.2, -0.15) is 0 Å². The summed E-state index contributed by atoms with van der Waals surface area (Å²) in [7, 11) is 1.85. The Kier molecular flexibility index (Phi) is 7.49. The number of hydrogen-bond donors (Lipinski definition) is 1. The van der Waals surface area contributed by atoms with Gasteiger partial charge in [-0.15, -0.1) is 0 Å². The number of methoxy groups -OCH3 is 1. The zero-order valence-corrected chi connectivity index (χ0v) is 14.3. The maximum Gasteiger partial charge on any atom is 0.0724 e. The molecule has 0 aromatic carbocycles. The Morgan fingerprint density at radius 3 is 2.55 bits per heavy atom. The van der Waals surface area contributed by atoms with Crippen molar-refractivity contribution in [2.75, 3.05) is 33.3 Å². The van der Waals surface area contributed by atoms with Crippen LogP contribution in [0, 0.1) is 17.3 Å². The Morgan fingerprint density at radius 1 is 1.30 bits per heavy atom. The fourth-order valence-electron chi connectivity index (χ4n) is 3.38. The third-order valence-electron chi connectivity index (χ3n) is 5.04. The lowest BCUT2D eigenvalue weighted by molar-refractivity contribution is -0.00592. The van der Waals surface area contributed by atoms with Crippen molar-refractivity contribution in [2.24, 2.45) is 23.0 Å². The second kappa shape index (κ2) is 8.35. The molecule has 1 heterocycles. The van der Waals surface area contributed by atoms with Crippen molar-refractivity contribution in [1.82, 2.24) is 4.90 Å². The molecule has 0 aromatic rings. The van der Waals surface area contributed by atoms with Gasteiger partial charge in [-0.1, -0.05) is 27.7 Å². The van der Waals surface area contributed by atoms with Crippen LogP contribution in [0.25, 0.3) is 0 Å². The third-order valence-corrected chi connectivity index (χ3v) is 5.04. The van der Waals surface area contributed by atoms with E-state index in [0.29, 0.717) is 17.4 Å². The van der Waals surface area contributed by atoms with Crippen LogP contribution in [-0.2, 0) is 4.74 Å². The molecule has 1 fully saturated rings. The molecular weight excluding hydrogens is 248 g/mol. The maximum atomic E-state index is 5.77.